The van der Waals surface area contributed by atoms with Crippen molar-refractivity contribution in [3.63, 3.8) is 0 Å². The average Bonchev–Trinajstić information content (AvgIpc) is 2.42. The quantitative estimate of drug-likeness (QED) is 0.813. The molecule has 0 atom stereocenters. The number of benzene rings is 1. The number of hydrogen-bond acceptors (Lipinski definition) is 4. The van der Waals surface area contributed by atoms with Crippen molar-refractivity contribution in [3.05, 3.63) is 40.7 Å². The molecule has 2 rings (SSSR count). The van der Waals surface area contributed by atoms with Gasteiger partial charge in [-0.15, -0.1) is 0 Å². The third-order valence-electron chi connectivity index (χ3n) is 3.04. The van der Waals surface area contributed by atoms with Gasteiger partial charge in [-0.3, -0.25) is 0 Å². The van der Waals surface area contributed by atoms with E-state index in [1.165, 1.54) is 0 Å². The van der Waals surface area contributed by atoms with E-state index < -0.39 is 0 Å². The van der Waals surface area contributed by atoms with Gasteiger partial charge in [0.15, 0.2) is 0 Å². The van der Waals surface area contributed by atoms with Crippen LogP contribution >= 0.6 is 23.4 Å². The topological polar surface area (TPSA) is 37.8 Å². The van der Waals surface area contributed by atoms with Crippen molar-refractivity contribution in [1.29, 1.82) is 0 Å². The van der Waals surface area contributed by atoms with Gasteiger partial charge in [0, 0.05) is 27.9 Å². The summed E-state index contributed by atoms with van der Waals surface area (Å²) in [5.41, 5.74) is 0.972. The number of rotatable bonds is 3. The van der Waals surface area contributed by atoms with Crippen LogP contribution in [0.2, 0.25) is 5.02 Å². The monoisotopic (exact) mass is 321 g/mol. The van der Waals surface area contributed by atoms with Crippen LogP contribution in [0.1, 0.15) is 32.2 Å². The summed E-state index contributed by atoms with van der Waals surface area (Å²) >= 11 is 7.57. The van der Waals surface area contributed by atoms with Crippen molar-refractivity contribution in [2.45, 2.75) is 43.0 Å². The molecule has 112 valence electrons. The Labute approximate surface area is 135 Å². The fourth-order valence-corrected chi connectivity index (χ4v) is 2.79. The maximum Gasteiger partial charge on any atom is 0.137 e. The first-order chi connectivity index (χ1) is 9.81. The van der Waals surface area contributed by atoms with Gasteiger partial charge in [0.2, 0.25) is 0 Å². The molecule has 5 heteroatoms. The molecular formula is C16H20ClN3S. The largest absolute Gasteiger partial charge is 0.373 e. The number of hydrogen-bond donors (Lipinski definition) is 1. The van der Waals surface area contributed by atoms with E-state index in [2.05, 4.69) is 31.1 Å². The van der Waals surface area contributed by atoms with Gasteiger partial charge in [0.05, 0.1) is 0 Å². The van der Waals surface area contributed by atoms with Gasteiger partial charge in [-0.05, 0) is 31.2 Å². The van der Waals surface area contributed by atoms with E-state index in [1.54, 1.807) is 11.8 Å². The van der Waals surface area contributed by atoms with Crippen molar-refractivity contribution in [1.82, 2.24) is 9.97 Å². The molecule has 0 aliphatic heterocycles. The first-order valence-electron chi connectivity index (χ1n) is 6.81. The summed E-state index contributed by atoms with van der Waals surface area (Å²) in [6.45, 7) is 8.39. The molecule has 0 unspecified atom stereocenters. The molecule has 0 fully saturated rings. The normalized spacial score (nSPS) is 11.5. The highest BCUT2D eigenvalue weighted by molar-refractivity contribution is 7.99. The molecule has 1 heterocycles. The van der Waals surface area contributed by atoms with Crippen LogP contribution in [0.25, 0.3) is 0 Å². The van der Waals surface area contributed by atoms with Gasteiger partial charge in [0.25, 0.3) is 0 Å². The molecule has 1 N–H and O–H groups in total. The second kappa shape index (κ2) is 6.24. The number of aromatic nitrogens is 2. The molecule has 0 aliphatic rings. The van der Waals surface area contributed by atoms with Crippen LogP contribution in [0, 0.1) is 6.92 Å². The van der Waals surface area contributed by atoms with Crippen LogP contribution in [-0.4, -0.2) is 17.0 Å². The maximum absolute atomic E-state index is 5.93. The lowest BCUT2D eigenvalue weighted by Crippen LogP contribution is -2.18. The smallest absolute Gasteiger partial charge is 0.137 e. The first kappa shape index (κ1) is 16.1. The summed E-state index contributed by atoms with van der Waals surface area (Å²) in [5, 5.41) is 4.87. The van der Waals surface area contributed by atoms with Gasteiger partial charge in [0.1, 0.15) is 16.7 Å². The highest BCUT2D eigenvalue weighted by atomic mass is 35.5. The predicted molar refractivity (Wildman–Crippen MR) is 90.6 cm³/mol. The predicted octanol–water partition coefficient (Wildman–Crippen LogP) is 4.93. The van der Waals surface area contributed by atoms with E-state index in [1.807, 2.05) is 38.2 Å². The summed E-state index contributed by atoms with van der Waals surface area (Å²) in [6.07, 6.45) is 0. The van der Waals surface area contributed by atoms with Crippen molar-refractivity contribution in [2.24, 2.45) is 0 Å². The standard InChI is InChI=1S/C16H20ClN3S/c1-10-13(18-5)19-15(16(2,3)4)20-14(10)21-12-8-6-11(17)7-9-12/h6-9H,1-5H3,(H,18,19,20). The zero-order chi connectivity index (χ0) is 15.6. The van der Waals surface area contributed by atoms with Crippen LogP contribution in [0.4, 0.5) is 5.82 Å². The highest BCUT2D eigenvalue weighted by Crippen LogP contribution is 2.33. The highest BCUT2D eigenvalue weighted by Gasteiger charge is 2.21. The van der Waals surface area contributed by atoms with Gasteiger partial charge in [-0.1, -0.05) is 44.1 Å². The lowest BCUT2D eigenvalue weighted by atomic mass is 9.95. The molecule has 0 spiro atoms. The summed E-state index contributed by atoms with van der Waals surface area (Å²) in [7, 11) is 1.89. The number of nitrogens with one attached hydrogen (secondary N) is 1. The van der Waals surface area contributed by atoms with E-state index >= 15 is 0 Å². The molecule has 21 heavy (non-hydrogen) atoms. The second-order valence-corrected chi connectivity index (χ2v) is 7.38. The molecule has 0 aliphatic carbocycles. The van der Waals surface area contributed by atoms with Gasteiger partial charge < -0.3 is 5.32 Å². The lowest BCUT2D eigenvalue weighted by Gasteiger charge is -2.20. The lowest BCUT2D eigenvalue weighted by molar-refractivity contribution is 0.538. The molecule has 0 radical (unpaired) electrons. The minimum Gasteiger partial charge on any atom is -0.373 e. The summed E-state index contributed by atoms with van der Waals surface area (Å²) in [6, 6.07) is 7.79. The Morgan fingerprint density at radius 1 is 1.10 bits per heavy atom. The van der Waals surface area contributed by atoms with Crippen LogP contribution in [0.5, 0.6) is 0 Å². The first-order valence-corrected chi connectivity index (χ1v) is 8.01. The third kappa shape index (κ3) is 3.89. The van der Waals surface area contributed by atoms with E-state index in [4.69, 9.17) is 16.6 Å². The number of anilines is 1. The average molecular weight is 322 g/mol. The Morgan fingerprint density at radius 3 is 2.24 bits per heavy atom. The minimum atomic E-state index is -0.0887. The van der Waals surface area contributed by atoms with E-state index in [-0.39, 0.29) is 5.41 Å². The second-order valence-electron chi connectivity index (χ2n) is 5.88. The third-order valence-corrected chi connectivity index (χ3v) is 4.39. The Morgan fingerprint density at radius 2 is 1.71 bits per heavy atom. The zero-order valence-electron chi connectivity index (χ0n) is 13.0. The van der Waals surface area contributed by atoms with Crippen LogP contribution in [-0.2, 0) is 5.41 Å². The molecule has 1 aromatic carbocycles. The summed E-state index contributed by atoms with van der Waals surface area (Å²) in [4.78, 5) is 10.5. The molecule has 0 bridgehead atoms. The van der Waals surface area contributed by atoms with Crippen LogP contribution < -0.4 is 5.32 Å². The van der Waals surface area contributed by atoms with E-state index in [0.717, 1.165) is 32.1 Å². The van der Waals surface area contributed by atoms with E-state index in [0.29, 0.717) is 0 Å². The Kier molecular flexibility index (Phi) is 4.79. The Hall–Kier alpha value is -1.26. The summed E-state index contributed by atoms with van der Waals surface area (Å²) in [5.74, 6) is 1.72. The van der Waals surface area contributed by atoms with Crippen LogP contribution in [0.3, 0.4) is 0 Å². The summed E-state index contributed by atoms with van der Waals surface area (Å²) < 4.78 is 0. The molecular weight excluding hydrogens is 302 g/mol. The van der Waals surface area contributed by atoms with Crippen LogP contribution in [0.15, 0.2) is 34.2 Å². The van der Waals surface area contributed by atoms with Gasteiger partial charge >= 0.3 is 0 Å². The SMILES string of the molecule is CNc1nc(C(C)(C)C)nc(Sc2ccc(Cl)cc2)c1C. The molecule has 1 aromatic heterocycles. The molecule has 0 saturated heterocycles. The Bertz CT molecular complexity index is 633. The van der Waals surface area contributed by atoms with Crippen molar-refractivity contribution in [3.8, 4) is 0 Å². The maximum atomic E-state index is 5.93. The molecule has 3 nitrogen and oxygen atoms in total. The van der Waals surface area contributed by atoms with E-state index in [9.17, 15) is 0 Å². The Balaban J connectivity index is 2.44. The number of halogens is 1. The molecule has 0 saturated carbocycles. The van der Waals surface area contributed by atoms with Crippen molar-refractivity contribution in [2.75, 3.05) is 12.4 Å². The molecule has 0 amide bonds. The van der Waals surface area contributed by atoms with Crippen molar-refractivity contribution >= 4 is 29.2 Å². The number of nitrogens with zero attached hydrogens (tertiary/aromatic N) is 2. The van der Waals surface area contributed by atoms with Gasteiger partial charge in [-0.2, -0.15) is 0 Å². The molecule has 2 aromatic rings. The fraction of sp³-hybridized carbons (Fsp3) is 0.375. The minimum absolute atomic E-state index is 0.0887. The zero-order valence-corrected chi connectivity index (χ0v) is 14.6. The fourth-order valence-electron chi connectivity index (χ4n) is 1.79. The van der Waals surface area contributed by atoms with Gasteiger partial charge in [-0.25, -0.2) is 9.97 Å². The van der Waals surface area contributed by atoms with Crippen molar-refractivity contribution < 1.29 is 0 Å².